The predicted molar refractivity (Wildman–Crippen MR) is 117 cm³/mol. The van der Waals surface area contributed by atoms with Gasteiger partial charge in [0.2, 0.25) is 10.0 Å². The van der Waals surface area contributed by atoms with Crippen LogP contribution in [0.3, 0.4) is 0 Å². The predicted octanol–water partition coefficient (Wildman–Crippen LogP) is 3.04. The molecule has 1 saturated heterocycles. The first-order chi connectivity index (χ1) is 13.9. The van der Waals surface area contributed by atoms with Crippen LogP contribution in [0, 0.1) is 0 Å². The van der Waals surface area contributed by atoms with E-state index in [2.05, 4.69) is 23.5 Å². The average molecular weight is 428 g/mol. The highest BCUT2D eigenvalue weighted by Crippen LogP contribution is 2.30. The summed E-state index contributed by atoms with van der Waals surface area (Å²) in [7, 11) is -3.84. The molecule has 2 N–H and O–H groups in total. The van der Waals surface area contributed by atoms with Crippen LogP contribution >= 0.6 is 12.6 Å². The molecule has 1 fully saturated rings. The van der Waals surface area contributed by atoms with Crippen molar-refractivity contribution in [3.63, 3.8) is 0 Å². The zero-order chi connectivity index (χ0) is 20.4. The first-order valence-corrected chi connectivity index (χ1v) is 11.2. The molecule has 2 atom stereocenters. The molecule has 0 aromatic heterocycles. The number of rotatable bonds is 5. The van der Waals surface area contributed by atoms with E-state index in [1.54, 1.807) is 30.3 Å². The summed E-state index contributed by atoms with van der Waals surface area (Å²) < 4.78 is 27.9. The minimum Gasteiger partial charge on any atom is -0.299 e. The average Bonchev–Trinajstić information content (AvgIpc) is 3.15. The number of hydrazine groups is 1. The lowest BCUT2D eigenvalue weighted by Gasteiger charge is -2.23. The number of hydrogen-bond acceptors (Lipinski definition) is 5. The SMILES string of the molecule is O=C(NNc1ccccc1)[C@@H]1C[C@@H](S)CN1S(=O)(=O)c1ccc2ccccc2c1. The van der Waals surface area contributed by atoms with Crippen molar-refractivity contribution in [2.24, 2.45) is 0 Å². The van der Waals surface area contributed by atoms with Crippen LogP contribution < -0.4 is 10.9 Å². The van der Waals surface area contributed by atoms with Gasteiger partial charge in [0.05, 0.1) is 10.6 Å². The maximum atomic E-state index is 13.3. The topological polar surface area (TPSA) is 78.5 Å². The van der Waals surface area contributed by atoms with Crippen molar-refractivity contribution in [1.82, 2.24) is 9.73 Å². The molecule has 0 spiro atoms. The number of nitrogens with zero attached hydrogens (tertiary/aromatic N) is 1. The summed E-state index contributed by atoms with van der Waals surface area (Å²) in [6, 6.07) is 20.9. The van der Waals surface area contributed by atoms with E-state index in [-0.39, 0.29) is 16.7 Å². The van der Waals surface area contributed by atoms with Crippen molar-refractivity contribution in [3.05, 3.63) is 72.8 Å². The van der Waals surface area contributed by atoms with Gasteiger partial charge in [-0.05, 0) is 41.5 Å². The number of benzene rings is 3. The molecular formula is C21H21N3O3S2. The maximum absolute atomic E-state index is 13.3. The molecule has 1 heterocycles. The summed E-state index contributed by atoms with van der Waals surface area (Å²) in [5, 5.41) is 1.58. The van der Waals surface area contributed by atoms with E-state index < -0.39 is 22.0 Å². The zero-order valence-electron chi connectivity index (χ0n) is 15.5. The molecule has 29 heavy (non-hydrogen) atoms. The second-order valence-electron chi connectivity index (χ2n) is 6.97. The highest BCUT2D eigenvalue weighted by molar-refractivity contribution is 7.89. The maximum Gasteiger partial charge on any atom is 0.256 e. The molecule has 0 unspecified atom stereocenters. The van der Waals surface area contributed by atoms with Crippen LogP contribution in [0.25, 0.3) is 10.8 Å². The first-order valence-electron chi connectivity index (χ1n) is 9.25. The number of carbonyl (C=O) groups is 1. The number of carbonyl (C=O) groups excluding carboxylic acids is 1. The number of hydrogen-bond donors (Lipinski definition) is 3. The molecule has 0 radical (unpaired) electrons. The third kappa shape index (κ3) is 4.10. The summed E-state index contributed by atoms with van der Waals surface area (Å²) in [6.45, 7) is 0.182. The van der Waals surface area contributed by atoms with Gasteiger partial charge in [-0.25, -0.2) is 8.42 Å². The quantitative estimate of drug-likeness (QED) is 0.432. The minimum atomic E-state index is -3.84. The lowest BCUT2D eigenvalue weighted by molar-refractivity contribution is -0.123. The summed E-state index contributed by atoms with van der Waals surface area (Å²) in [5.41, 5.74) is 6.15. The fourth-order valence-electron chi connectivity index (χ4n) is 3.49. The second-order valence-corrected chi connectivity index (χ2v) is 9.59. The molecule has 150 valence electrons. The van der Waals surface area contributed by atoms with Gasteiger partial charge in [-0.15, -0.1) is 0 Å². The van der Waals surface area contributed by atoms with Crippen molar-refractivity contribution in [3.8, 4) is 0 Å². The summed E-state index contributed by atoms with van der Waals surface area (Å²) >= 11 is 4.44. The molecule has 3 aromatic rings. The van der Waals surface area contributed by atoms with Crippen LogP contribution in [0.15, 0.2) is 77.7 Å². The van der Waals surface area contributed by atoms with Crippen LogP contribution in [0.2, 0.25) is 0 Å². The van der Waals surface area contributed by atoms with Crippen LogP contribution in [0.4, 0.5) is 5.69 Å². The summed E-state index contributed by atoms with van der Waals surface area (Å²) in [5.74, 6) is -0.408. The number of para-hydroxylation sites is 1. The van der Waals surface area contributed by atoms with Gasteiger partial charge in [-0.2, -0.15) is 16.9 Å². The van der Waals surface area contributed by atoms with E-state index in [1.807, 2.05) is 42.5 Å². The van der Waals surface area contributed by atoms with Gasteiger partial charge >= 0.3 is 0 Å². The van der Waals surface area contributed by atoms with Crippen LogP contribution in [-0.4, -0.2) is 36.5 Å². The highest BCUT2D eigenvalue weighted by Gasteiger charge is 2.43. The Hall–Kier alpha value is -2.55. The Labute approximate surface area is 175 Å². The van der Waals surface area contributed by atoms with Crippen molar-refractivity contribution in [2.45, 2.75) is 22.6 Å². The molecule has 0 bridgehead atoms. The van der Waals surface area contributed by atoms with Gasteiger partial charge in [0.15, 0.2) is 0 Å². The van der Waals surface area contributed by atoms with Crippen LogP contribution in [0.5, 0.6) is 0 Å². The largest absolute Gasteiger partial charge is 0.299 e. The van der Waals surface area contributed by atoms with Crippen molar-refractivity contribution < 1.29 is 13.2 Å². The Morgan fingerprint density at radius 2 is 1.66 bits per heavy atom. The number of thiol groups is 1. The van der Waals surface area contributed by atoms with Crippen LogP contribution in [0.1, 0.15) is 6.42 Å². The molecule has 0 saturated carbocycles. The lowest BCUT2D eigenvalue weighted by atomic mass is 10.1. The molecule has 8 heteroatoms. The second kappa shape index (κ2) is 8.06. The molecule has 1 amide bonds. The lowest BCUT2D eigenvalue weighted by Crippen LogP contribution is -2.47. The Morgan fingerprint density at radius 1 is 0.966 bits per heavy atom. The Morgan fingerprint density at radius 3 is 2.41 bits per heavy atom. The van der Waals surface area contributed by atoms with Crippen molar-refractivity contribution in [1.29, 1.82) is 0 Å². The third-order valence-electron chi connectivity index (χ3n) is 4.97. The standard InChI is InChI=1S/C21H21N3O3S2/c25-21(23-22-17-8-2-1-3-9-17)20-13-18(28)14-24(20)29(26,27)19-11-10-15-6-4-5-7-16(15)12-19/h1-12,18,20,22,28H,13-14H2,(H,23,25)/t18-,20+/m1/s1. The number of anilines is 1. The van der Waals surface area contributed by atoms with E-state index in [0.29, 0.717) is 12.1 Å². The number of amides is 1. The fourth-order valence-corrected chi connectivity index (χ4v) is 5.66. The fraction of sp³-hybridized carbons (Fsp3) is 0.190. The molecule has 1 aliphatic rings. The Bertz CT molecular complexity index is 1140. The third-order valence-corrected chi connectivity index (χ3v) is 7.21. The molecule has 6 nitrogen and oxygen atoms in total. The van der Waals surface area contributed by atoms with Crippen molar-refractivity contribution in [2.75, 3.05) is 12.0 Å². The van der Waals surface area contributed by atoms with Gasteiger partial charge in [-0.3, -0.25) is 15.6 Å². The van der Waals surface area contributed by atoms with E-state index in [4.69, 9.17) is 0 Å². The summed E-state index contributed by atoms with van der Waals surface area (Å²) in [4.78, 5) is 12.9. The number of sulfonamides is 1. The van der Waals surface area contributed by atoms with Crippen LogP contribution in [-0.2, 0) is 14.8 Å². The van der Waals surface area contributed by atoms with E-state index >= 15 is 0 Å². The van der Waals surface area contributed by atoms with Gasteiger partial charge in [-0.1, -0.05) is 48.5 Å². The Balaban J connectivity index is 1.57. The first kappa shape index (κ1) is 19.8. The van der Waals surface area contributed by atoms with E-state index in [9.17, 15) is 13.2 Å². The van der Waals surface area contributed by atoms with Gasteiger partial charge in [0.25, 0.3) is 5.91 Å². The Kier molecular flexibility index (Phi) is 5.49. The number of fused-ring (bicyclic) bond motifs is 1. The number of nitrogens with one attached hydrogen (secondary N) is 2. The molecule has 0 aliphatic carbocycles. The van der Waals surface area contributed by atoms with Gasteiger partial charge in [0, 0.05) is 11.8 Å². The van der Waals surface area contributed by atoms with E-state index in [0.717, 1.165) is 10.8 Å². The molecule has 4 rings (SSSR count). The van der Waals surface area contributed by atoms with E-state index in [1.165, 1.54) is 4.31 Å². The molecule has 3 aromatic carbocycles. The molecule has 1 aliphatic heterocycles. The monoisotopic (exact) mass is 427 g/mol. The smallest absolute Gasteiger partial charge is 0.256 e. The van der Waals surface area contributed by atoms with Gasteiger partial charge < -0.3 is 0 Å². The summed E-state index contributed by atoms with van der Waals surface area (Å²) in [6.07, 6.45) is 0.345. The normalized spacial score (nSPS) is 19.9. The van der Waals surface area contributed by atoms with Crippen molar-refractivity contribution >= 4 is 45.0 Å². The zero-order valence-corrected chi connectivity index (χ0v) is 17.2. The highest BCUT2D eigenvalue weighted by atomic mass is 32.2. The minimum absolute atomic E-state index is 0.174. The molecular weight excluding hydrogens is 406 g/mol. The van der Waals surface area contributed by atoms with Gasteiger partial charge in [0.1, 0.15) is 6.04 Å².